The summed E-state index contributed by atoms with van der Waals surface area (Å²) >= 11 is 0. The highest BCUT2D eigenvalue weighted by atomic mass is 16.3. The lowest BCUT2D eigenvalue weighted by atomic mass is 9.82. The lowest BCUT2D eigenvalue weighted by molar-refractivity contribution is 0.414. The first-order valence-corrected chi connectivity index (χ1v) is 4.58. The van der Waals surface area contributed by atoms with Crippen LogP contribution in [0.1, 0.15) is 37.5 Å². The van der Waals surface area contributed by atoms with E-state index in [0.717, 1.165) is 17.7 Å². The van der Waals surface area contributed by atoms with Crippen LogP contribution in [-0.2, 0) is 5.41 Å². The number of hydrogen-bond donors (Lipinski definition) is 1. The standard InChI is InChI=1S/C13H15O/c1-5-11-10(9-14)7-6-8-12(11)13(2,3)4/h1,6-9,14H,2-4H3. The van der Waals surface area contributed by atoms with Crippen molar-refractivity contribution < 1.29 is 5.11 Å². The Morgan fingerprint density at radius 3 is 2.43 bits per heavy atom. The summed E-state index contributed by atoms with van der Waals surface area (Å²) in [5, 5.41) is 9.02. The number of aliphatic hydroxyl groups excluding tert-OH is 1. The third kappa shape index (κ3) is 1.97. The van der Waals surface area contributed by atoms with Crippen LogP contribution in [-0.4, -0.2) is 5.11 Å². The van der Waals surface area contributed by atoms with Crippen LogP contribution in [0.5, 0.6) is 0 Å². The van der Waals surface area contributed by atoms with E-state index in [9.17, 15) is 0 Å². The fourth-order valence-corrected chi connectivity index (χ4v) is 1.46. The van der Waals surface area contributed by atoms with E-state index in [0.29, 0.717) is 5.56 Å². The molecule has 1 heteroatoms. The Bertz CT molecular complexity index is 364. The van der Waals surface area contributed by atoms with Gasteiger partial charge in [0.15, 0.2) is 0 Å². The Hall–Kier alpha value is -1.26. The van der Waals surface area contributed by atoms with Gasteiger partial charge in [-0.3, -0.25) is 0 Å². The van der Waals surface area contributed by atoms with Gasteiger partial charge in [-0.25, -0.2) is 0 Å². The number of rotatable bonds is 1. The topological polar surface area (TPSA) is 20.2 Å². The molecule has 1 rings (SSSR count). The van der Waals surface area contributed by atoms with Gasteiger partial charge in [-0.2, -0.15) is 0 Å². The smallest absolute Gasteiger partial charge is 0.110 e. The molecule has 0 unspecified atom stereocenters. The molecule has 0 saturated carbocycles. The van der Waals surface area contributed by atoms with Crippen molar-refractivity contribution in [1.29, 1.82) is 0 Å². The van der Waals surface area contributed by atoms with Gasteiger partial charge in [-0.1, -0.05) is 44.9 Å². The van der Waals surface area contributed by atoms with Crippen molar-refractivity contribution in [3.05, 3.63) is 41.5 Å². The summed E-state index contributed by atoms with van der Waals surface area (Å²) in [5.74, 6) is 2.63. The maximum atomic E-state index is 9.02. The molecule has 1 radical (unpaired) electrons. The number of terminal acetylenes is 1. The average Bonchev–Trinajstić information content (AvgIpc) is 2.15. The van der Waals surface area contributed by atoms with Gasteiger partial charge in [0, 0.05) is 5.56 Å². The second-order valence-corrected chi connectivity index (χ2v) is 4.29. The summed E-state index contributed by atoms with van der Waals surface area (Å²) in [6.07, 6.45) is 5.44. The summed E-state index contributed by atoms with van der Waals surface area (Å²) < 4.78 is 0. The van der Waals surface area contributed by atoms with Crippen molar-refractivity contribution in [2.75, 3.05) is 0 Å². The number of hydrogen-bond acceptors (Lipinski definition) is 1. The van der Waals surface area contributed by atoms with Crippen LogP contribution >= 0.6 is 0 Å². The molecule has 1 aromatic rings. The van der Waals surface area contributed by atoms with Crippen LogP contribution in [0.3, 0.4) is 0 Å². The minimum absolute atomic E-state index is 0.000718. The molecule has 0 aromatic heterocycles. The molecule has 1 nitrogen and oxygen atoms in total. The minimum atomic E-state index is 0.000718. The molecule has 0 aliphatic rings. The van der Waals surface area contributed by atoms with Crippen LogP contribution in [0.15, 0.2) is 18.2 Å². The first-order valence-electron chi connectivity index (χ1n) is 4.58. The zero-order valence-electron chi connectivity index (χ0n) is 8.83. The fraction of sp³-hybridized carbons (Fsp3) is 0.308. The van der Waals surface area contributed by atoms with E-state index >= 15 is 0 Å². The lowest BCUT2D eigenvalue weighted by Crippen LogP contribution is -2.14. The van der Waals surface area contributed by atoms with Crippen LogP contribution in [0.2, 0.25) is 0 Å². The molecule has 0 amide bonds. The average molecular weight is 187 g/mol. The van der Waals surface area contributed by atoms with Crippen molar-refractivity contribution in [1.82, 2.24) is 0 Å². The molecule has 73 valence electrons. The van der Waals surface area contributed by atoms with Crippen molar-refractivity contribution in [3.63, 3.8) is 0 Å². The molecular formula is C13H15O. The van der Waals surface area contributed by atoms with Crippen molar-refractivity contribution in [3.8, 4) is 12.3 Å². The fourth-order valence-electron chi connectivity index (χ4n) is 1.46. The van der Waals surface area contributed by atoms with Crippen LogP contribution < -0.4 is 0 Å². The van der Waals surface area contributed by atoms with E-state index in [-0.39, 0.29) is 5.41 Å². The summed E-state index contributed by atoms with van der Waals surface area (Å²) in [5.41, 5.74) is 2.58. The van der Waals surface area contributed by atoms with Gasteiger partial charge in [0.2, 0.25) is 0 Å². The molecular weight excluding hydrogens is 172 g/mol. The first-order chi connectivity index (χ1) is 6.50. The van der Waals surface area contributed by atoms with Gasteiger partial charge in [-0.15, -0.1) is 6.42 Å². The van der Waals surface area contributed by atoms with E-state index in [4.69, 9.17) is 11.5 Å². The number of benzene rings is 1. The zero-order valence-corrected chi connectivity index (χ0v) is 8.83. The summed E-state index contributed by atoms with van der Waals surface area (Å²) in [7, 11) is 0. The molecule has 0 bridgehead atoms. The summed E-state index contributed by atoms with van der Waals surface area (Å²) in [4.78, 5) is 0. The summed E-state index contributed by atoms with van der Waals surface area (Å²) in [6.45, 7) is 7.36. The molecule has 1 aromatic carbocycles. The molecule has 0 saturated heterocycles. The second kappa shape index (κ2) is 3.86. The lowest BCUT2D eigenvalue weighted by Gasteiger charge is -2.22. The van der Waals surface area contributed by atoms with E-state index in [1.807, 2.05) is 18.2 Å². The quantitative estimate of drug-likeness (QED) is 0.670. The SMILES string of the molecule is C#Cc1c([CH]O)cccc1C(C)(C)C. The van der Waals surface area contributed by atoms with E-state index in [2.05, 4.69) is 26.7 Å². The van der Waals surface area contributed by atoms with Crippen molar-refractivity contribution in [2.24, 2.45) is 0 Å². The monoisotopic (exact) mass is 187 g/mol. The molecule has 14 heavy (non-hydrogen) atoms. The zero-order chi connectivity index (χ0) is 10.8. The van der Waals surface area contributed by atoms with E-state index < -0.39 is 0 Å². The highest BCUT2D eigenvalue weighted by Gasteiger charge is 2.18. The van der Waals surface area contributed by atoms with Crippen LogP contribution in [0.25, 0.3) is 0 Å². The molecule has 0 fully saturated rings. The van der Waals surface area contributed by atoms with Crippen LogP contribution in [0.4, 0.5) is 0 Å². The normalized spacial score (nSPS) is 11.1. The Balaban J connectivity index is 3.39. The molecule has 1 N–H and O–H groups in total. The maximum absolute atomic E-state index is 9.02. The molecule has 0 heterocycles. The Labute approximate surface area is 85.8 Å². The largest absolute Gasteiger partial charge is 0.385 e. The first kappa shape index (κ1) is 10.8. The van der Waals surface area contributed by atoms with E-state index in [1.165, 1.54) is 0 Å². The summed E-state index contributed by atoms with van der Waals surface area (Å²) in [6, 6.07) is 5.72. The highest BCUT2D eigenvalue weighted by Crippen LogP contribution is 2.27. The molecule has 0 aliphatic heterocycles. The third-order valence-electron chi connectivity index (χ3n) is 2.19. The van der Waals surface area contributed by atoms with Gasteiger partial charge in [-0.05, 0) is 16.5 Å². The molecule has 0 aliphatic carbocycles. The maximum Gasteiger partial charge on any atom is 0.110 e. The van der Waals surface area contributed by atoms with Gasteiger partial charge >= 0.3 is 0 Å². The predicted molar refractivity (Wildman–Crippen MR) is 58.4 cm³/mol. The van der Waals surface area contributed by atoms with E-state index in [1.54, 1.807) is 0 Å². The Kier molecular flexibility index (Phi) is 2.98. The van der Waals surface area contributed by atoms with Crippen LogP contribution in [0, 0.1) is 19.0 Å². The molecule has 0 spiro atoms. The van der Waals surface area contributed by atoms with Gasteiger partial charge in [0.25, 0.3) is 0 Å². The Morgan fingerprint density at radius 1 is 1.36 bits per heavy atom. The molecule has 0 atom stereocenters. The Morgan fingerprint density at radius 2 is 2.00 bits per heavy atom. The van der Waals surface area contributed by atoms with Crippen molar-refractivity contribution >= 4 is 0 Å². The van der Waals surface area contributed by atoms with Crippen molar-refractivity contribution in [2.45, 2.75) is 26.2 Å². The minimum Gasteiger partial charge on any atom is -0.385 e. The third-order valence-corrected chi connectivity index (χ3v) is 2.19. The van der Waals surface area contributed by atoms with Gasteiger partial charge in [0.1, 0.15) is 6.61 Å². The van der Waals surface area contributed by atoms with Gasteiger partial charge in [0.05, 0.1) is 0 Å². The highest BCUT2D eigenvalue weighted by molar-refractivity contribution is 5.50. The second-order valence-electron chi connectivity index (χ2n) is 4.29. The predicted octanol–water partition coefficient (Wildman–Crippen LogP) is 2.85. The number of aliphatic hydroxyl groups is 1. The van der Waals surface area contributed by atoms with Gasteiger partial charge < -0.3 is 5.11 Å².